The van der Waals surface area contributed by atoms with E-state index >= 15 is 0 Å². The summed E-state index contributed by atoms with van der Waals surface area (Å²) in [6.45, 7) is 0. The van der Waals surface area contributed by atoms with E-state index in [1.165, 1.54) is 0 Å². The molecule has 0 fully saturated rings. The van der Waals surface area contributed by atoms with E-state index in [9.17, 15) is 14.7 Å². The number of amides is 2. The number of aliphatic hydroxyl groups excluding tert-OH is 1. The minimum atomic E-state index is -0.713. The van der Waals surface area contributed by atoms with E-state index in [0.29, 0.717) is 18.5 Å². The fourth-order valence-electron chi connectivity index (χ4n) is 3.48. The number of nitrogens with two attached hydrogens (primary N) is 1. The topological polar surface area (TPSA) is 125 Å². The van der Waals surface area contributed by atoms with Gasteiger partial charge in [-0.2, -0.15) is 0 Å². The number of aliphatic hydroxyl groups is 1. The Labute approximate surface area is 157 Å². The number of hydroxylamine groups is 1. The lowest BCUT2D eigenvalue weighted by atomic mass is 9.94. The zero-order valence-electron chi connectivity index (χ0n) is 14.8. The highest BCUT2D eigenvalue weighted by atomic mass is 16.5. The third-order valence-electron chi connectivity index (χ3n) is 4.89. The lowest BCUT2D eigenvalue weighted by molar-refractivity contribution is -0.135. The van der Waals surface area contributed by atoms with Crippen LogP contribution in [-0.4, -0.2) is 28.2 Å². The van der Waals surface area contributed by atoms with Crippen LogP contribution in [-0.2, 0) is 22.4 Å². The SMILES string of the molecule is Nc1ccc(CC(CC(=O)NO)C(=O)NC2c3ccccc3CC2O)cc1. The van der Waals surface area contributed by atoms with Gasteiger partial charge in [0, 0.05) is 18.5 Å². The average Bonchev–Trinajstić information content (AvgIpc) is 2.98. The van der Waals surface area contributed by atoms with Crippen molar-refractivity contribution < 1.29 is 19.9 Å². The molecule has 0 saturated carbocycles. The predicted molar refractivity (Wildman–Crippen MR) is 99.6 cm³/mol. The summed E-state index contributed by atoms with van der Waals surface area (Å²) in [7, 11) is 0. The number of fused-ring (bicyclic) bond motifs is 1. The Morgan fingerprint density at radius 3 is 2.56 bits per heavy atom. The second-order valence-electron chi connectivity index (χ2n) is 6.84. The van der Waals surface area contributed by atoms with E-state index in [0.717, 1.165) is 16.7 Å². The second kappa shape index (κ2) is 8.20. The predicted octanol–water partition coefficient (Wildman–Crippen LogP) is 1.10. The van der Waals surface area contributed by atoms with E-state index in [-0.39, 0.29) is 12.3 Å². The molecule has 27 heavy (non-hydrogen) atoms. The number of hydrogen-bond acceptors (Lipinski definition) is 5. The summed E-state index contributed by atoms with van der Waals surface area (Å²) in [5.74, 6) is -1.69. The molecule has 1 aliphatic carbocycles. The Bertz CT molecular complexity index is 822. The molecule has 1 aliphatic rings. The van der Waals surface area contributed by atoms with Crippen LogP contribution in [0.5, 0.6) is 0 Å². The van der Waals surface area contributed by atoms with Gasteiger partial charge in [-0.25, -0.2) is 5.48 Å². The molecule has 3 atom stereocenters. The number of nitrogens with one attached hydrogen (secondary N) is 2. The fourth-order valence-corrected chi connectivity index (χ4v) is 3.48. The molecule has 3 rings (SSSR count). The zero-order valence-corrected chi connectivity index (χ0v) is 14.8. The van der Waals surface area contributed by atoms with Crippen LogP contribution in [0.2, 0.25) is 0 Å². The molecule has 0 spiro atoms. The standard InChI is InChI=1S/C20H23N3O4/c21-15-7-5-12(6-8-15)9-14(11-18(25)23-27)20(26)22-19-16-4-2-1-3-13(16)10-17(19)24/h1-8,14,17,19,24,27H,9-11,21H2,(H,22,26)(H,23,25). The van der Waals surface area contributed by atoms with Gasteiger partial charge in [0.25, 0.3) is 0 Å². The minimum absolute atomic E-state index is 0.169. The molecule has 0 heterocycles. The molecule has 0 bridgehead atoms. The number of carbonyl (C=O) groups is 2. The van der Waals surface area contributed by atoms with Crippen molar-refractivity contribution in [2.24, 2.45) is 5.92 Å². The monoisotopic (exact) mass is 369 g/mol. The number of carbonyl (C=O) groups excluding carboxylic acids is 2. The van der Waals surface area contributed by atoms with Gasteiger partial charge >= 0.3 is 0 Å². The molecule has 2 amide bonds. The second-order valence-corrected chi connectivity index (χ2v) is 6.84. The number of anilines is 1. The smallest absolute Gasteiger partial charge is 0.244 e. The summed E-state index contributed by atoms with van der Waals surface area (Å²) in [5.41, 5.74) is 10.6. The highest BCUT2D eigenvalue weighted by Gasteiger charge is 2.34. The van der Waals surface area contributed by atoms with E-state index < -0.39 is 24.0 Å². The first-order chi connectivity index (χ1) is 13.0. The van der Waals surface area contributed by atoms with Crippen LogP contribution in [0.1, 0.15) is 29.2 Å². The Hall–Kier alpha value is -2.90. The first kappa shape index (κ1) is 18.9. The minimum Gasteiger partial charge on any atom is -0.399 e. The molecule has 2 aromatic carbocycles. The van der Waals surface area contributed by atoms with Crippen LogP contribution in [0, 0.1) is 5.92 Å². The van der Waals surface area contributed by atoms with Crippen LogP contribution in [0.15, 0.2) is 48.5 Å². The van der Waals surface area contributed by atoms with Gasteiger partial charge in [0.1, 0.15) is 0 Å². The molecule has 0 radical (unpaired) electrons. The quantitative estimate of drug-likeness (QED) is 0.296. The van der Waals surface area contributed by atoms with Crippen molar-refractivity contribution >= 4 is 17.5 Å². The molecular weight excluding hydrogens is 346 g/mol. The molecule has 2 aromatic rings. The van der Waals surface area contributed by atoms with Gasteiger partial charge in [-0.1, -0.05) is 36.4 Å². The van der Waals surface area contributed by atoms with Gasteiger partial charge in [-0.05, 0) is 35.2 Å². The Kier molecular flexibility index (Phi) is 5.73. The Morgan fingerprint density at radius 2 is 1.85 bits per heavy atom. The summed E-state index contributed by atoms with van der Waals surface area (Å²) in [4.78, 5) is 24.5. The molecule has 0 saturated heterocycles. The lowest BCUT2D eigenvalue weighted by Gasteiger charge is -2.22. The van der Waals surface area contributed by atoms with Crippen molar-refractivity contribution in [2.75, 3.05) is 5.73 Å². The van der Waals surface area contributed by atoms with Crippen molar-refractivity contribution in [3.05, 3.63) is 65.2 Å². The third-order valence-corrected chi connectivity index (χ3v) is 4.89. The van der Waals surface area contributed by atoms with Crippen LogP contribution in [0.25, 0.3) is 0 Å². The molecule has 3 unspecified atom stereocenters. The lowest BCUT2D eigenvalue weighted by Crippen LogP contribution is -2.40. The zero-order chi connectivity index (χ0) is 19.4. The summed E-state index contributed by atoms with van der Waals surface area (Å²) < 4.78 is 0. The summed E-state index contributed by atoms with van der Waals surface area (Å²) in [5, 5.41) is 22.0. The average molecular weight is 369 g/mol. The van der Waals surface area contributed by atoms with E-state index in [1.54, 1.807) is 29.7 Å². The van der Waals surface area contributed by atoms with Crippen molar-refractivity contribution in [1.82, 2.24) is 10.8 Å². The number of benzene rings is 2. The van der Waals surface area contributed by atoms with Gasteiger partial charge in [-0.15, -0.1) is 0 Å². The summed E-state index contributed by atoms with van der Waals surface area (Å²) in [6.07, 6.45) is -0.0996. The fraction of sp³-hybridized carbons (Fsp3) is 0.300. The largest absolute Gasteiger partial charge is 0.399 e. The van der Waals surface area contributed by atoms with Gasteiger partial charge in [-0.3, -0.25) is 14.8 Å². The molecule has 0 aromatic heterocycles. The van der Waals surface area contributed by atoms with E-state index in [1.807, 2.05) is 24.3 Å². The molecule has 0 aliphatic heterocycles. The maximum Gasteiger partial charge on any atom is 0.244 e. The summed E-state index contributed by atoms with van der Waals surface area (Å²) >= 11 is 0. The first-order valence-corrected chi connectivity index (χ1v) is 8.81. The van der Waals surface area contributed by atoms with Crippen molar-refractivity contribution in [3.63, 3.8) is 0 Å². The summed E-state index contributed by atoms with van der Waals surface area (Å²) in [6, 6.07) is 14.1. The molecule has 142 valence electrons. The van der Waals surface area contributed by atoms with Crippen LogP contribution < -0.4 is 16.5 Å². The van der Waals surface area contributed by atoms with Gasteiger partial charge in [0.2, 0.25) is 11.8 Å². The van der Waals surface area contributed by atoms with Gasteiger partial charge in [0.05, 0.1) is 18.1 Å². The van der Waals surface area contributed by atoms with Gasteiger partial charge < -0.3 is 16.2 Å². The molecular formula is C20H23N3O4. The molecule has 7 nitrogen and oxygen atoms in total. The Morgan fingerprint density at radius 1 is 1.15 bits per heavy atom. The van der Waals surface area contributed by atoms with Crippen LogP contribution >= 0.6 is 0 Å². The third kappa shape index (κ3) is 4.45. The highest BCUT2D eigenvalue weighted by molar-refractivity contribution is 5.86. The van der Waals surface area contributed by atoms with Crippen LogP contribution in [0.3, 0.4) is 0 Å². The maximum atomic E-state index is 12.9. The molecule has 6 N–H and O–H groups in total. The van der Waals surface area contributed by atoms with Crippen molar-refractivity contribution in [1.29, 1.82) is 0 Å². The molecule has 7 heteroatoms. The number of hydrogen-bond donors (Lipinski definition) is 5. The highest BCUT2D eigenvalue weighted by Crippen LogP contribution is 2.31. The van der Waals surface area contributed by atoms with Gasteiger partial charge in [0.15, 0.2) is 0 Å². The number of rotatable bonds is 6. The maximum absolute atomic E-state index is 12.9. The number of nitrogen functional groups attached to an aromatic ring is 1. The first-order valence-electron chi connectivity index (χ1n) is 8.81. The van der Waals surface area contributed by atoms with Crippen molar-refractivity contribution in [2.45, 2.75) is 31.4 Å². The van der Waals surface area contributed by atoms with Crippen molar-refractivity contribution in [3.8, 4) is 0 Å². The van der Waals surface area contributed by atoms with E-state index in [4.69, 9.17) is 10.9 Å². The Balaban J connectivity index is 1.76. The van der Waals surface area contributed by atoms with E-state index in [2.05, 4.69) is 5.32 Å². The normalized spacial score (nSPS) is 19.2. The van der Waals surface area contributed by atoms with Crippen LogP contribution in [0.4, 0.5) is 5.69 Å².